The van der Waals surface area contributed by atoms with Crippen molar-refractivity contribution in [3.63, 3.8) is 0 Å². The van der Waals surface area contributed by atoms with Gasteiger partial charge in [0.25, 0.3) is 5.91 Å². The average Bonchev–Trinajstić information content (AvgIpc) is 3.33. The molecule has 0 aliphatic carbocycles. The van der Waals surface area contributed by atoms with E-state index in [1.54, 1.807) is 32.9 Å². The van der Waals surface area contributed by atoms with Gasteiger partial charge in [0.15, 0.2) is 5.76 Å². The molecule has 26 heavy (non-hydrogen) atoms. The fourth-order valence-corrected chi connectivity index (χ4v) is 3.98. The third kappa shape index (κ3) is 2.70. The van der Waals surface area contributed by atoms with Gasteiger partial charge in [0.2, 0.25) is 11.8 Å². The average molecular weight is 359 g/mol. The highest BCUT2D eigenvalue weighted by atomic mass is 16.5. The molecule has 1 aromatic heterocycles. The highest BCUT2D eigenvalue weighted by molar-refractivity contribution is 5.99. The first-order chi connectivity index (χ1) is 12.6. The van der Waals surface area contributed by atoms with Crippen LogP contribution in [0, 0.1) is 0 Å². The van der Waals surface area contributed by atoms with Gasteiger partial charge in [0.05, 0.1) is 25.5 Å². The first-order valence-corrected chi connectivity index (χ1v) is 8.76. The molecule has 4 rings (SSSR count). The fourth-order valence-electron chi connectivity index (χ4n) is 3.98. The number of amides is 3. The smallest absolute Gasteiger partial charge is 0.289 e. The van der Waals surface area contributed by atoms with Crippen LogP contribution in [0.25, 0.3) is 0 Å². The summed E-state index contributed by atoms with van der Waals surface area (Å²) in [5.41, 5.74) is 0. The predicted octanol–water partition coefficient (Wildman–Crippen LogP) is 0.118. The van der Waals surface area contributed by atoms with Crippen molar-refractivity contribution < 1.29 is 23.5 Å². The van der Waals surface area contributed by atoms with Gasteiger partial charge in [0, 0.05) is 26.1 Å². The van der Waals surface area contributed by atoms with Crippen LogP contribution in [0.2, 0.25) is 0 Å². The lowest BCUT2D eigenvalue weighted by molar-refractivity contribution is -0.162. The molecule has 3 amide bonds. The van der Waals surface area contributed by atoms with Gasteiger partial charge in [-0.2, -0.15) is 0 Å². The number of ether oxygens (including phenoxy) is 1. The Balaban J connectivity index is 1.49. The molecule has 8 nitrogen and oxygen atoms in total. The summed E-state index contributed by atoms with van der Waals surface area (Å²) in [6, 6.07) is 2.16. The third-order valence-electron chi connectivity index (χ3n) is 5.25. The Morgan fingerprint density at radius 1 is 1.23 bits per heavy atom. The number of carbonyl (C=O) groups excluding carboxylic acids is 3. The maximum Gasteiger partial charge on any atom is 0.289 e. The summed E-state index contributed by atoms with van der Waals surface area (Å²) in [6.45, 7) is 5.34. The van der Waals surface area contributed by atoms with Crippen LogP contribution in [0.15, 0.2) is 35.5 Å². The van der Waals surface area contributed by atoms with Crippen molar-refractivity contribution in [1.29, 1.82) is 0 Å². The van der Waals surface area contributed by atoms with Gasteiger partial charge in [-0.05, 0) is 12.1 Å². The normalized spacial score (nSPS) is 28.2. The van der Waals surface area contributed by atoms with E-state index in [0.29, 0.717) is 32.7 Å². The second-order valence-electron chi connectivity index (χ2n) is 6.76. The molecule has 3 saturated heterocycles. The Labute approximate surface area is 151 Å². The summed E-state index contributed by atoms with van der Waals surface area (Å²) in [6.07, 6.45) is 3.45. The molecule has 4 heterocycles. The lowest BCUT2D eigenvalue weighted by Crippen LogP contribution is -2.69. The molecule has 3 atom stereocenters. The molecule has 0 aromatic carbocycles. The van der Waals surface area contributed by atoms with Crippen molar-refractivity contribution >= 4 is 17.7 Å². The van der Waals surface area contributed by atoms with Crippen molar-refractivity contribution in [2.75, 3.05) is 32.8 Å². The number of piperazine rings is 2. The molecule has 0 spiro atoms. The second kappa shape index (κ2) is 6.60. The van der Waals surface area contributed by atoms with Crippen molar-refractivity contribution in [2.24, 2.45) is 0 Å². The molecule has 0 radical (unpaired) electrons. The Hall–Kier alpha value is -2.61. The van der Waals surface area contributed by atoms with Crippen molar-refractivity contribution in [3.05, 3.63) is 36.8 Å². The molecular formula is C18H21N3O5. The standard InChI is InChI=1S/C18H21N3O5/c1-2-7-25-12-9-13-16(22)20-6-5-19(18(24)15-4-3-8-26-15)11-14(20)17(23)21(13)10-12/h2-4,8,12-14H,1,5-7,9-11H2/t12-,13+,14-/m0/s1. The molecule has 3 fully saturated rings. The first kappa shape index (κ1) is 16.8. The SMILES string of the molecule is C=CCO[C@H]1C[C@@H]2C(=O)N3CCN(C(=O)c4ccco4)C[C@H]3C(=O)N2C1. The van der Waals surface area contributed by atoms with Crippen molar-refractivity contribution in [1.82, 2.24) is 14.7 Å². The van der Waals surface area contributed by atoms with E-state index in [9.17, 15) is 14.4 Å². The quantitative estimate of drug-likeness (QED) is 0.713. The Morgan fingerprint density at radius 2 is 2.04 bits per heavy atom. The Bertz CT molecular complexity index is 731. The number of furan rings is 1. The van der Waals surface area contributed by atoms with Gasteiger partial charge in [0.1, 0.15) is 12.1 Å². The summed E-state index contributed by atoms with van der Waals surface area (Å²) in [5, 5.41) is 0. The molecule has 0 saturated carbocycles. The molecule has 3 aliphatic heterocycles. The summed E-state index contributed by atoms with van der Waals surface area (Å²) < 4.78 is 10.8. The number of carbonyl (C=O) groups is 3. The van der Waals surface area contributed by atoms with E-state index < -0.39 is 12.1 Å². The van der Waals surface area contributed by atoms with E-state index >= 15 is 0 Å². The van der Waals surface area contributed by atoms with Crippen LogP contribution in [0.5, 0.6) is 0 Å². The van der Waals surface area contributed by atoms with Gasteiger partial charge in [-0.1, -0.05) is 6.08 Å². The highest BCUT2D eigenvalue weighted by Gasteiger charge is 2.52. The first-order valence-electron chi connectivity index (χ1n) is 8.76. The maximum absolute atomic E-state index is 13.0. The molecule has 8 heteroatoms. The van der Waals surface area contributed by atoms with E-state index in [1.807, 2.05) is 0 Å². The number of nitrogens with zero attached hydrogens (tertiary/aromatic N) is 3. The maximum atomic E-state index is 13.0. The minimum atomic E-state index is -0.635. The van der Waals surface area contributed by atoms with Crippen LogP contribution in [0.1, 0.15) is 17.0 Å². The van der Waals surface area contributed by atoms with Crippen molar-refractivity contribution in [2.45, 2.75) is 24.6 Å². The van der Waals surface area contributed by atoms with Crippen LogP contribution in [-0.2, 0) is 14.3 Å². The van der Waals surface area contributed by atoms with E-state index in [2.05, 4.69) is 6.58 Å². The lowest BCUT2D eigenvalue weighted by atomic mass is 10.0. The molecule has 1 aromatic rings. The van der Waals surface area contributed by atoms with Crippen LogP contribution in [0.4, 0.5) is 0 Å². The fraction of sp³-hybridized carbons (Fsp3) is 0.500. The zero-order chi connectivity index (χ0) is 18.3. The Kier molecular flexibility index (Phi) is 4.28. The second-order valence-corrected chi connectivity index (χ2v) is 6.76. The minimum absolute atomic E-state index is 0.0515. The van der Waals surface area contributed by atoms with Crippen LogP contribution < -0.4 is 0 Å². The monoisotopic (exact) mass is 359 g/mol. The molecule has 0 bridgehead atoms. The lowest BCUT2D eigenvalue weighted by Gasteiger charge is -2.47. The van der Waals surface area contributed by atoms with Gasteiger partial charge in [-0.3, -0.25) is 14.4 Å². The van der Waals surface area contributed by atoms with Gasteiger partial charge >= 0.3 is 0 Å². The highest BCUT2D eigenvalue weighted by Crippen LogP contribution is 2.30. The molecule has 138 valence electrons. The van der Waals surface area contributed by atoms with Crippen LogP contribution >= 0.6 is 0 Å². The predicted molar refractivity (Wildman–Crippen MR) is 90.2 cm³/mol. The van der Waals surface area contributed by atoms with Crippen LogP contribution in [-0.4, -0.2) is 83.4 Å². The Morgan fingerprint density at radius 3 is 2.77 bits per heavy atom. The van der Waals surface area contributed by atoms with Crippen molar-refractivity contribution in [3.8, 4) is 0 Å². The van der Waals surface area contributed by atoms with Gasteiger partial charge < -0.3 is 23.9 Å². The largest absolute Gasteiger partial charge is 0.459 e. The molecule has 3 aliphatic rings. The topological polar surface area (TPSA) is 83.3 Å². The van der Waals surface area contributed by atoms with E-state index in [4.69, 9.17) is 9.15 Å². The number of fused-ring (bicyclic) bond motifs is 2. The summed E-state index contributed by atoms with van der Waals surface area (Å²) >= 11 is 0. The number of rotatable bonds is 4. The number of hydrogen-bond donors (Lipinski definition) is 0. The summed E-state index contributed by atoms with van der Waals surface area (Å²) in [5.74, 6) is -0.184. The molecular weight excluding hydrogens is 338 g/mol. The van der Waals surface area contributed by atoms with Gasteiger partial charge in [-0.15, -0.1) is 6.58 Å². The van der Waals surface area contributed by atoms with E-state index in [-0.39, 0.29) is 36.1 Å². The van der Waals surface area contributed by atoms with E-state index in [1.165, 1.54) is 6.26 Å². The number of hydrogen-bond acceptors (Lipinski definition) is 5. The van der Waals surface area contributed by atoms with Gasteiger partial charge in [-0.25, -0.2) is 0 Å². The zero-order valence-corrected chi connectivity index (χ0v) is 14.4. The summed E-state index contributed by atoms with van der Waals surface area (Å²) in [4.78, 5) is 43.1. The molecule has 0 unspecified atom stereocenters. The summed E-state index contributed by atoms with van der Waals surface area (Å²) in [7, 11) is 0. The third-order valence-corrected chi connectivity index (χ3v) is 5.25. The minimum Gasteiger partial charge on any atom is -0.459 e. The zero-order valence-electron chi connectivity index (χ0n) is 14.4. The van der Waals surface area contributed by atoms with E-state index in [0.717, 1.165) is 0 Å². The van der Waals surface area contributed by atoms with Crippen LogP contribution in [0.3, 0.4) is 0 Å². The molecule has 0 N–H and O–H groups in total.